The molecule has 0 aromatic heterocycles. The molecule has 32 heavy (non-hydrogen) atoms. The maximum atomic E-state index is 13.1. The first kappa shape index (κ1) is 22.8. The van der Waals surface area contributed by atoms with E-state index in [0.717, 1.165) is 31.8 Å². The van der Waals surface area contributed by atoms with Crippen molar-refractivity contribution in [3.05, 3.63) is 65.2 Å². The van der Waals surface area contributed by atoms with Gasteiger partial charge in [0.25, 0.3) is 0 Å². The zero-order valence-electron chi connectivity index (χ0n) is 19.6. The van der Waals surface area contributed by atoms with Crippen LogP contribution >= 0.6 is 0 Å². The molecule has 5 nitrogen and oxygen atoms in total. The van der Waals surface area contributed by atoms with Crippen LogP contribution in [0.3, 0.4) is 0 Å². The summed E-state index contributed by atoms with van der Waals surface area (Å²) in [4.78, 5) is 18.0. The van der Waals surface area contributed by atoms with E-state index in [4.69, 9.17) is 4.74 Å². The fraction of sp³-hybridized carbons (Fsp3) is 0.519. The second-order valence-corrected chi connectivity index (χ2v) is 9.41. The number of likely N-dealkylation sites (tertiary alicyclic amines) is 2. The van der Waals surface area contributed by atoms with E-state index in [2.05, 4.69) is 58.6 Å². The van der Waals surface area contributed by atoms with Crippen LogP contribution in [-0.4, -0.2) is 62.6 Å². The minimum absolute atomic E-state index is 0.00102. The molecule has 4 rings (SSSR count). The number of piperidine rings is 1. The van der Waals surface area contributed by atoms with Gasteiger partial charge in [-0.3, -0.25) is 9.69 Å². The number of amides is 1. The number of carbonyl (C=O) groups is 1. The Balaban J connectivity index is 1.35. The van der Waals surface area contributed by atoms with Crippen LogP contribution in [0.25, 0.3) is 0 Å². The molecular weight excluding hydrogens is 398 g/mol. The molecular formula is C27H37N3O2. The second-order valence-electron chi connectivity index (χ2n) is 9.41. The molecule has 2 heterocycles. The van der Waals surface area contributed by atoms with Crippen molar-refractivity contribution in [3.8, 4) is 5.75 Å². The molecule has 0 radical (unpaired) electrons. The van der Waals surface area contributed by atoms with Gasteiger partial charge < -0.3 is 15.0 Å². The number of hydrogen-bond donors (Lipinski definition) is 1. The lowest BCUT2D eigenvalue weighted by Gasteiger charge is -2.27. The highest BCUT2D eigenvalue weighted by atomic mass is 16.5. The Bertz CT molecular complexity index is 877. The predicted octanol–water partition coefficient (Wildman–Crippen LogP) is 3.69. The number of hydrogen-bond acceptors (Lipinski definition) is 4. The van der Waals surface area contributed by atoms with Crippen molar-refractivity contribution in [2.24, 2.45) is 5.92 Å². The van der Waals surface area contributed by atoms with Gasteiger partial charge >= 0.3 is 0 Å². The van der Waals surface area contributed by atoms with Crippen molar-refractivity contribution in [1.29, 1.82) is 0 Å². The molecule has 0 saturated carbocycles. The van der Waals surface area contributed by atoms with Gasteiger partial charge in [-0.1, -0.05) is 42.8 Å². The Morgan fingerprint density at radius 1 is 1.03 bits per heavy atom. The van der Waals surface area contributed by atoms with E-state index >= 15 is 0 Å². The number of carbonyl (C=O) groups excluding carboxylic acids is 1. The standard InChI is InChI=1S/C27H37N3O2/c1-29-19-25(23-8-6-7-22(17-23)18-30-15-4-3-5-16-30)26(20-29)27(31)28-14-13-21-9-11-24(32-2)12-10-21/h6-12,17,25-26H,3-5,13-16,18-20H2,1-2H3,(H,28,31)/t25-,26-/m1/s1. The van der Waals surface area contributed by atoms with E-state index in [0.29, 0.717) is 6.54 Å². The summed E-state index contributed by atoms with van der Waals surface area (Å²) in [5.41, 5.74) is 3.88. The number of ether oxygens (including phenoxy) is 1. The first-order chi connectivity index (χ1) is 15.6. The lowest BCUT2D eigenvalue weighted by molar-refractivity contribution is -0.124. The third-order valence-corrected chi connectivity index (χ3v) is 6.95. The summed E-state index contributed by atoms with van der Waals surface area (Å²) in [6.45, 7) is 5.84. The number of benzene rings is 2. The van der Waals surface area contributed by atoms with Crippen molar-refractivity contribution in [1.82, 2.24) is 15.1 Å². The largest absolute Gasteiger partial charge is 0.497 e. The van der Waals surface area contributed by atoms with Crippen LogP contribution in [0.15, 0.2) is 48.5 Å². The van der Waals surface area contributed by atoms with Gasteiger partial charge in [-0.15, -0.1) is 0 Å². The lowest BCUT2D eigenvalue weighted by Crippen LogP contribution is -2.35. The first-order valence-corrected chi connectivity index (χ1v) is 12.0. The van der Waals surface area contributed by atoms with Crippen LogP contribution in [0.4, 0.5) is 0 Å². The van der Waals surface area contributed by atoms with Gasteiger partial charge in [0.2, 0.25) is 5.91 Å². The van der Waals surface area contributed by atoms with Gasteiger partial charge in [0, 0.05) is 32.1 Å². The zero-order valence-corrected chi connectivity index (χ0v) is 19.6. The van der Waals surface area contributed by atoms with Gasteiger partial charge in [-0.25, -0.2) is 0 Å². The molecule has 2 aliphatic rings. The SMILES string of the molecule is COc1ccc(CCNC(=O)[C@@H]2CN(C)C[C@@H]2c2cccc(CN3CCCCC3)c2)cc1. The van der Waals surface area contributed by atoms with Crippen LogP contribution < -0.4 is 10.1 Å². The predicted molar refractivity (Wildman–Crippen MR) is 129 cm³/mol. The molecule has 0 bridgehead atoms. The van der Waals surface area contributed by atoms with Gasteiger partial charge in [-0.05, 0) is 68.2 Å². The number of rotatable bonds is 8. The van der Waals surface area contributed by atoms with Crippen molar-refractivity contribution < 1.29 is 9.53 Å². The fourth-order valence-electron chi connectivity index (χ4n) is 5.16. The van der Waals surface area contributed by atoms with E-state index in [1.165, 1.54) is 49.0 Å². The summed E-state index contributed by atoms with van der Waals surface area (Å²) < 4.78 is 5.22. The summed E-state index contributed by atoms with van der Waals surface area (Å²) >= 11 is 0. The number of likely N-dealkylation sites (N-methyl/N-ethyl adjacent to an activating group) is 1. The molecule has 2 aliphatic heterocycles. The van der Waals surface area contributed by atoms with Crippen molar-refractivity contribution in [2.45, 2.75) is 38.1 Å². The molecule has 1 N–H and O–H groups in total. The smallest absolute Gasteiger partial charge is 0.225 e. The van der Waals surface area contributed by atoms with E-state index in [1.807, 2.05) is 12.1 Å². The maximum Gasteiger partial charge on any atom is 0.225 e. The highest BCUT2D eigenvalue weighted by Gasteiger charge is 2.36. The van der Waals surface area contributed by atoms with Crippen molar-refractivity contribution in [3.63, 3.8) is 0 Å². The Morgan fingerprint density at radius 2 is 1.81 bits per heavy atom. The Hall–Kier alpha value is -2.37. The lowest BCUT2D eigenvalue weighted by atomic mass is 9.87. The Morgan fingerprint density at radius 3 is 2.56 bits per heavy atom. The highest BCUT2D eigenvalue weighted by Crippen LogP contribution is 2.33. The second kappa shape index (κ2) is 11.0. The van der Waals surface area contributed by atoms with E-state index in [9.17, 15) is 4.79 Å². The van der Waals surface area contributed by atoms with E-state index in [1.54, 1.807) is 7.11 Å². The quantitative estimate of drug-likeness (QED) is 0.687. The Kier molecular flexibility index (Phi) is 7.82. The zero-order chi connectivity index (χ0) is 22.3. The summed E-state index contributed by atoms with van der Waals surface area (Å²) in [5.74, 6) is 1.29. The average Bonchev–Trinajstić information content (AvgIpc) is 3.22. The van der Waals surface area contributed by atoms with Crippen molar-refractivity contribution >= 4 is 5.91 Å². The van der Waals surface area contributed by atoms with Gasteiger partial charge in [0.15, 0.2) is 0 Å². The highest BCUT2D eigenvalue weighted by molar-refractivity contribution is 5.80. The average molecular weight is 436 g/mol. The molecule has 2 aromatic rings. The first-order valence-electron chi connectivity index (χ1n) is 12.0. The molecule has 0 spiro atoms. The third-order valence-electron chi connectivity index (χ3n) is 6.95. The minimum atomic E-state index is 0.00102. The molecule has 2 atom stereocenters. The summed E-state index contributed by atoms with van der Waals surface area (Å²) in [6, 6.07) is 17.0. The normalized spacial score (nSPS) is 22.1. The fourth-order valence-corrected chi connectivity index (χ4v) is 5.16. The maximum absolute atomic E-state index is 13.1. The molecule has 2 aromatic carbocycles. The van der Waals surface area contributed by atoms with Gasteiger partial charge in [-0.2, -0.15) is 0 Å². The molecule has 1 amide bonds. The molecule has 0 unspecified atom stereocenters. The monoisotopic (exact) mass is 435 g/mol. The van der Waals surface area contributed by atoms with E-state index < -0.39 is 0 Å². The Labute approximate surface area is 192 Å². The topological polar surface area (TPSA) is 44.8 Å². The summed E-state index contributed by atoms with van der Waals surface area (Å²) in [7, 11) is 3.79. The van der Waals surface area contributed by atoms with Crippen LogP contribution in [0.1, 0.15) is 41.9 Å². The number of nitrogens with zero attached hydrogens (tertiary/aromatic N) is 2. The molecule has 2 saturated heterocycles. The van der Waals surface area contributed by atoms with Crippen LogP contribution in [0, 0.1) is 5.92 Å². The molecule has 0 aliphatic carbocycles. The molecule has 2 fully saturated rings. The number of nitrogens with one attached hydrogen (secondary N) is 1. The van der Waals surface area contributed by atoms with Crippen LogP contribution in [0.5, 0.6) is 5.75 Å². The molecule has 5 heteroatoms. The minimum Gasteiger partial charge on any atom is -0.497 e. The van der Waals surface area contributed by atoms with Gasteiger partial charge in [0.1, 0.15) is 5.75 Å². The van der Waals surface area contributed by atoms with E-state index in [-0.39, 0.29) is 17.7 Å². The summed E-state index contributed by atoms with van der Waals surface area (Å²) in [5, 5.41) is 3.20. The van der Waals surface area contributed by atoms with Crippen molar-refractivity contribution in [2.75, 3.05) is 46.9 Å². The summed E-state index contributed by atoms with van der Waals surface area (Å²) in [6.07, 6.45) is 4.81. The van der Waals surface area contributed by atoms with Crippen LogP contribution in [0.2, 0.25) is 0 Å². The number of methoxy groups -OCH3 is 1. The third kappa shape index (κ3) is 5.90. The van der Waals surface area contributed by atoms with Crippen LogP contribution in [-0.2, 0) is 17.8 Å². The van der Waals surface area contributed by atoms with Gasteiger partial charge in [0.05, 0.1) is 13.0 Å². The molecule has 172 valence electrons.